The minimum Gasteiger partial charge on any atom is -0.497 e. The topological polar surface area (TPSA) is 76.7 Å². The Bertz CT molecular complexity index is 838. The fraction of sp³-hybridized carbons (Fsp3) is 0.263. The van der Waals surface area contributed by atoms with Gasteiger partial charge in [-0.05, 0) is 64.3 Å². The van der Waals surface area contributed by atoms with Gasteiger partial charge in [0.25, 0.3) is 5.91 Å². The second-order valence-corrected chi connectivity index (χ2v) is 6.67. The summed E-state index contributed by atoms with van der Waals surface area (Å²) in [7, 11) is 1.56. The van der Waals surface area contributed by atoms with Gasteiger partial charge in [-0.3, -0.25) is 9.59 Å². The molecule has 0 atom stereocenters. The summed E-state index contributed by atoms with van der Waals surface area (Å²) in [5.41, 5.74) is 2.41. The highest BCUT2D eigenvalue weighted by Gasteiger charge is 2.15. The van der Waals surface area contributed by atoms with E-state index in [2.05, 4.69) is 26.6 Å². The number of anilines is 1. The summed E-state index contributed by atoms with van der Waals surface area (Å²) in [6, 6.07) is 10.8. The predicted molar refractivity (Wildman–Crippen MR) is 102 cm³/mol. The fourth-order valence-electron chi connectivity index (χ4n) is 2.68. The molecule has 6 nitrogen and oxygen atoms in total. The number of benzene rings is 2. The summed E-state index contributed by atoms with van der Waals surface area (Å²) >= 11 is 3.37. The number of carbonyl (C=O) groups excluding carboxylic acids is 2. The van der Waals surface area contributed by atoms with Crippen molar-refractivity contribution in [1.29, 1.82) is 0 Å². The molecule has 2 N–H and O–H groups in total. The molecule has 136 valence electrons. The molecular weight excluding hydrogens is 400 g/mol. The normalized spacial score (nSPS) is 12.8. The average Bonchev–Trinajstić information content (AvgIpc) is 2.65. The Balaban J connectivity index is 1.51. The minimum atomic E-state index is -0.201. The van der Waals surface area contributed by atoms with Gasteiger partial charge in [-0.25, -0.2) is 0 Å². The molecule has 2 amide bonds. The Labute approximate surface area is 160 Å². The first-order chi connectivity index (χ1) is 12.6. The van der Waals surface area contributed by atoms with Gasteiger partial charge in [-0.15, -0.1) is 0 Å². The zero-order valence-corrected chi connectivity index (χ0v) is 15.9. The van der Waals surface area contributed by atoms with Crippen molar-refractivity contribution in [2.75, 3.05) is 25.6 Å². The number of nitrogens with one attached hydrogen (secondary N) is 2. The van der Waals surface area contributed by atoms with E-state index in [1.807, 2.05) is 18.2 Å². The molecule has 0 spiro atoms. The van der Waals surface area contributed by atoms with E-state index in [1.165, 1.54) is 0 Å². The van der Waals surface area contributed by atoms with E-state index >= 15 is 0 Å². The number of carbonyl (C=O) groups is 2. The third-order valence-corrected chi connectivity index (χ3v) is 4.74. The second kappa shape index (κ2) is 8.23. The van der Waals surface area contributed by atoms with Crippen molar-refractivity contribution < 1.29 is 19.1 Å². The largest absolute Gasteiger partial charge is 0.497 e. The van der Waals surface area contributed by atoms with Crippen LogP contribution in [0.4, 0.5) is 5.69 Å². The molecule has 0 aromatic heterocycles. The number of aryl methyl sites for hydroxylation is 1. The summed E-state index contributed by atoms with van der Waals surface area (Å²) < 4.78 is 11.5. The number of hydrogen-bond acceptors (Lipinski definition) is 4. The number of fused-ring (bicyclic) bond motifs is 1. The van der Waals surface area contributed by atoms with Gasteiger partial charge in [0.15, 0.2) is 0 Å². The first kappa shape index (κ1) is 18.3. The van der Waals surface area contributed by atoms with Crippen LogP contribution in [-0.4, -0.2) is 32.1 Å². The van der Waals surface area contributed by atoms with Crippen LogP contribution < -0.4 is 20.1 Å². The number of halogens is 1. The Morgan fingerprint density at radius 2 is 2.00 bits per heavy atom. The van der Waals surface area contributed by atoms with Crippen LogP contribution in [0.1, 0.15) is 22.3 Å². The van der Waals surface area contributed by atoms with Crippen LogP contribution in [-0.2, 0) is 11.2 Å². The van der Waals surface area contributed by atoms with Crippen molar-refractivity contribution >= 4 is 33.4 Å². The molecule has 1 aliphatic rings. The lowest BCUT2D eigenvalue weighted by atomic mass is 10.0. The SMILES string of the molecule is COc1ccc(Br)c(C(=O)NCCOc2ccc3c(c2)CCC(=O)N3)c1. The monoisotopic (exact) mass is 418 g/mol. The molecule has 26 heavy (non-hydrogen) atoms. The van der Waals surface area contributed by atoms with Gasteiger partial charge in [0.05, 0.1) is 19.2 Å². The van der Waals surface area contributed by atoms with Crippen LogP contribution >= 0.6 is 15.9 Å². The smallest absolute Gasteiger partial charge is 0.252 e. The van der Waals surface area contributed by atoms with Crippen LogP contribution in [0.15, 0.2) is 40.9 Å². The molecule has 7 heteroatoms. The lowest BCUT2D eigenvalue weighted by Gasteiger charge is -2.17. The van der Waals surface area contributed by atoms with Crippen LogP contribution in [0, 0.1) is 0 Å². The molecule has 0 unspecified atom stereocenters. The molecule has 1 heterocycles. The molecule has 3 rings (SSSR count). The zero-order valence-electron chi connectivity index (χ0n) is 14.3. The molecule has 0 radical (unpaired) electrons. The molecule has 1 aliphatic heterocycles. The van der Waals surface area contributed by atoms with Gasteiger partial charge < -0.3 is 20.1 Å². The van der Waals surface area contributed by atoms with Crippen molar-refractivity contribution in [2.24, 2.45) is 0 Å². The lowest BCUT2D eigenvalue weighted by molar-refractivity contribution is -0.116. The van der Waals surface area contributed by atoms with E-state index in [0.29, 0.717) is 41.8 Å². The average molecular weight is 419 g/mol. The van der Waals surface area contributed by atoms with Crippen molar-refractivity contribution in [3.8, 4) is 11.5 Å². The van der Waals surface area contributed by atoms with E-state index in [-0.39, 0.29) is 11.8 Å². The summed E-state index contributed by atoms with van der Waals surface area (Å²) in [5.74, 6) is 1.18. The molecule has 2 aromatic carbocycles. The van der Waals surface area contributed by atoms with Gasteiger partial charge in [-0.1, -0.05) is 0 Å². The number of rotatable bonds is 6. The first-order valence-electron chi connectivity index (χ1n) is 8.24. The molecule has 0 saturated heterocycles. The third-order valence-electron chi connectivity index (χ3n) is 4.05. The maximum absolute atomic E-state index is 12.3. The molecule has 2 aromatic rings. The molecule has 0 aliphatic carbocycles. The van der Waals surface area contributed by atoms with E-state index < -0.39 is 0 Å². The highest BCUT2D eigenvalue weighted by atomic mass is 79.9. The van der Waals surface area contributed by atoms with Crippen molar-refractivity contribution in [2.45, 2.75) is 12.8 Å². The maximum atomic E-state index is 12.3. The molecule has 0 bridgehead atoms. The highest BCUT2D eigenvalue weighted by molar-refractivity contribution is 9.10. The Morgan fingerprint density at radius 3 is 2.81 bits per heavy atom. The number of ether oxygens (including phenoxy) is 2. The van der Waals surface area contributed by atoms with Crippen molar-refractivity contribution in [3.63, 3.8) is 0 Å². The summed E-state index contributed by atoms with van der Waals surface area (Å²) in [5, 5.41) is 5.66. The molecular formula is C19H19BrN2O4. The number of hydrogen-bond donors (Lipinski definition) is 2. The van der Waals surface area contributed by atoms with Crippen LogP contribution in [0.5, 0.6) is 11.5 Å². The van der Waals surface area contributed by atoms with Crippen molar-refractivity contribution in [3.05, 3.63) is 52.0 Å². The van der Waals surface area contributed by atoms with E-state index in [1.54, 1.807) is 25.3 Å². The third kappa shape index (κ3) is 4.35. The molecule has 0 fully saturated rings. The Hall–Kier alpha value is -2.54. The van der Waals surface area contributed by atoms with E-state index in [4.69, 9.17) is 9.47 Å². The maximum Gasteiger partial charge on any atom is 0.252 e. The van der Waals surface area contributed by atoms with Gasteiger partial charge in [0, 0.05) is 16.6 Å². The van der Waals surface area contributed by atoms with Gasteiger partial charge in [0.2, 0.25) is 5.91 Å². The van der Waals surface area contributed by atoms with Crippen LogP contribution in [0.2, 0.25) is 0 Å². The lowest BCUT2D eigenvalue weighted by Crippen LogP contribution is -2.28. The van der Waals surface area contributed by atoms with Crippen LogP contribution in [0.3, 0.4) is 0 Å². The minimum absolute atomic E-state index is 0.0394. The number of methoxy groups -OCH3 is 1. The quantitative estimate of drug-likeness (QED) is 0.706. The Kier molecular flexibility index (Phi) is 5.78. The summed E-state index contributed by atoms with van der Waals surface area (Å²) in [6.45, 7) is 0.717. The fourth-order valence-corrected chi connectivity index (χ4v) is 3.11. The standard InChI is InChI=1S/C19H19BrN2O4/c1-25-13-3-5-16(20)15(11-13)19(24)21-8-9-26-14-4-6-17-12(10-14)2-7-18(23)22-17/h3-6,10-11H,2,7-9H2,1H3,(H,21,24)(H,22,23). The second-order valence-electron chi connectivity index (χ2n) is 5.82. The highest BCUT2D eigenvalue weighted by Crippen LogP contribution is 2.26. The Morgan fingerprint density at radius 1 is 1.19 bits per heavy atom. The van der Waals surface area contributed by atoms with E-state index in [9.17, 15) is 9.59 Å². The van der Waals surface area contributed by atoms with E-state index in [0.717, 1.165) is 17.0 Å². The summed E-state index contributed by atoms with van der Waals surface area (Å²) in [6.07, 6.45) is 1.20. The van der Waals surface area contributed by atoms with Gasteiger partial charge in [-0.2, -0.15) is 0 Å². The molecule has 0 saturated carbocycles. The van der Waals surface area contributed by atoms with Gasteiger partial charge >= 0.3 is 0 Å². The van der Waals surface area contributed by atoms with Crippen molar-refractivity contribution in [1.82, 2.24) is 5.32 Å². The van der Waals surface area contributed by atoms with Gasteiger partial charge in [0.1, 0.15) is 18.1 Å². The number of amides is 2. The summed E-state index contributed by atoms with van der Waals surface area (Å²) in [4.78, 5) is 23.6. The predicted octanol–water partition coefficient (Wildman–Crippen LogP) is 3.15. The zero-order chi connectivity index (χ0) is 18.5. The first-order valence-corrected chi connectivity index (χ1v) is 9.03. The van der Waals surface area contributed by atoms with Crippen LogP contribution in [0.25, 0.3) is 0 Å².